The van der Waals surface area contributed by atoms with Crippen molar-refractivity contribution in [2.75, 3.05) is 18.5 Å². The topological polar surface area (TPSA) is 29.3 Å². The molecule has 0 spiro atoms. The van der Waals surface area contributed by atoms with Gasteiger partial charge >= 0.3 is 0 Å². The first-order chi connectivity index (χ1) is 7.66. The van der Waals surface area contributed by atoms with Crippen LogP contribution in [0.3, 0.4) is 0 Å². The zero-order chi connectivity index (χ0) is 11.5. The summed E-state index contributed by atoms with van der Waals surface area (Å²) in [6.45, 7) is 3.19. The smallest absolute Gasteiger partial charge is 0.0366 e. The van der Waals surface area contributed by atoms with E-state index in [0.29, 0.717) is 6.04 Å². The van der Waals surface area contributed by atoms with Gasteiger partial charge in [-0.25, -0.2) is 0 Å². The van der Waals surface area contributed by atoms with Crippen molar-refractivity contribution in [3.05, 3.63) is 29.8 Å². The van der Waals surface area contributed by atoms with E-state index in [4.69, 9.17) is 5.73 Å². The van der Waals surface area contributed by atoms with E-state index >= 15 is 0 Å². The lowest BCUT2D eigenvalue weighted by molar-refractivity contribution is 0.550. The van der Waals surface area contributed by atoms with E-state index in [-0.39, 0.29) is 0 Å². The Kier molecular flexibility index (Phi) is 3.49. The zero-order valence-corrected chi connectivity index (χ0v) is 10.3. The highest BCUT2D eigenvalue weighted by Gasteiger charge is 2.28. The molecule has 0 amide bonds. The van der Waals surface area contributed by atoms with Crippen LogP contribution in [0.4, 0.5) is 5.69 Å². The first-order valence-electron chi connectivity index (χ1n) is 6.20. The third kappa shape index (κ3) is 2.99. The second kappa shape index (κ2) is 4.88. The van der Waals surface area contributed by atoms with Gasteiger partial charge in [-0.2, -0.15) is 0 Å². The number of nitrogens with two attached hydrogens (primary N) is 1. The molecule has 0 aromatic heterocycles. The van der Waals surface area contributed by atoms with Gasteiger partial charge in [-0.3, -0.25) is 0 Å². The first kappa shape index (κ1) is 11.5. The van der Waals surface area contributed by atoms with Gasteiger partial charge in [-0.1, -0.05) is 12.1 Å². The summed E-state index contributed by atoms with van der Waals surface area (Å²) in [6, 6.07) is 9.04. The summed E-state index contributed by atoms with van der Waals surface area (Å²) in [4.78, 5) is 2.30. The third-order valence-corrected chi connectivity index (χ3v) is 3.47. The molecule has 88 valence electrons. The molecule has 1 fully saturated rings. The lowest BCUT2D eigenvalue weighted by Gasteiger charge is -2.21. The van der Waals surface area contributed by atoms with E-state index in [1.807, 2.05) is 0 Å². The van der Waals surface area contributed by atoms with Crippen LogP contribution in [0.5, 0.6) is 0 Å². The minimum Gasteiger partial charge on any atom is -0.375 e. The van der Waals surface area contributed by atoms with Crippen LogP contribution in [0, 0.1) is 12.8 Å². The average Bonchev–Trinajstić information content (AvgIpc) is 3.09. The standard InChI is InChI=1S/C14H22N2/c1-11-4-3-5-13(10-11)16(2)9-8-14(15)12-6-7-12/h3-5,10,12,14H,6-9,15H2,1-2H3. The Morgan fingerprint density at radius 3 is 2.81 bits per heavy atom. The molecule has 0 aliphatic heterocycles. The molecule has 1 aliphatic carbocycles. The maximum Gasteiger partial charge on any atom is 0.0366 e. The van der Waals surface area contributed by atoms with E-state index < -0.39 is 0 Å². The monoisotopic (exact) mass is 218 g/mol. The Labute approximate surface area is 98.4 Å². The van der Waals surface area contributed by atoms with Gasteiger partial charge in [0.1, 0.15) is 0 Å². The van der Waals surface area contributed by atoms with E-state index in [2.05, 4.69) is 43.1 Å². The lowest BCUT2D eigenvalue weighted by atomic mass is 10.1. The van der Waals surface area contributed by atoms with Crippen LogP contribution in [0.25, 0.3) is 0 Å². The maximum atomic E-state index is 6.11. The summed E-state index contributed by atoms with van der Waals surface area (Å²) in [5, 5.41) is 0. The largest absolute Gasteiger partial charge is 0.375 e. The second-order valence-corrected chi connectivity index (χ2v) is 5.05. The van der Waals surface area contributed by atoms with Crippen molar-refractivity contribution in [2.45, 2.75) is 32.2 Å². The molecule has 1 unspecified atom stereocenters. The maximum absolute atomic E-state index is 6.11. The Morgan fingerprint density at radius 2 is 2.19 bits per heavy atom. The summed E-state index contributed by atoms with van der Waals surface area (Å²) in [5.41, 5.74) is 8.72. The van der Waals surface area contributed by atoms with Crippen molar-refractivity contribution < 1.29 is 0 Å². The van der Waals surface area contributed by atoms with Crippen molar-refractivity contribution in [3.8, 4) is 0 Å². The van der Waals surface area contributed by atoms with Crippen LogP contribution >= 0.6 is 0 Å². The third-order valence-electron chi connectivity index (χ3n) is 3.47. The molecule has 1 atom stereocenters. The van der Waals surface area contributed by atoms with Crippen molar-refractivity contribution in [1.29, 1.82) is 0 Å². The average molecular weight is 218 g/mol. The van der Waals surface area contributed by atoms with Crippen LogP contribution in [-0.2, 0) is 0 Å². The Bertz CT molecular complexity index is 344. The zero-order valence-electron chi connectivity index (χ0n) is 10.3. The highest BCUT2D eigenvalue weighted by molar-refractivity contribution is 5.47. The summed E-state index contributed by atoms with van der Waals surface area (Å²) in [5.74, 6) is 0.811. The van der Waals surface area contributed by atoms with Crippen molar-refractivity contribution in [2.24, 2.45) is 11.7 Å². The van der Waals surface area contributed by atoms with Gasteiger partial charge in [0.15, 0.2) is 0 Å². The van der Waals surface area contributed by atoms with Crippen LogP contribution in [-0.4, -0.2) is 19.6 Å². The van der Waals surface area contributed by atoms with Gasteiger partial charge in [-0.15, -0.1) is 0 Å². The fourth-order valence-electron chi connectivity index (χ4n) is 2.10. The molecule has 2 rings (SSSR count). The minimum atomic E-state index is 0.409. The van der Waals surface area contributed by atoms with Crippen LogP contribution < -0.4 is 10.6 Å². The molecule has 0 heterocycles. The molecule has 1 aromatic rings. The predicted molar refractivity (Wildman–Crippen MR) is 69.8 cm³/mol. The molecular formula is C14H22N2. The van der Waals surface area contributed by atoms with Gasteiger partial charge in [0.05, 0.1) is 0 Å². The number of benzene rings is 1. The molecule has 1 aliphatic rings. The Morgan fingerprint density at radius 1 is 1.44 bits per heavy atom. The molecular weight excluding hydrogens is 196 g/mol. The molecule has 1 aromatic carbocycles. The normalized spacial score (nSPS) is 17.2. The minimum absolute atomic E-state index is 0.409. The predicted octanol–water partition coefficient (Wildman–Crippen LogP) is 2.56. The quantitative estimate of drug-likeness (QED) is 0.823. The summed E-state index contributed by atoms with van der Waals surface area (Å²) < 4.78 is 0. The summed E-state index contributed by atoms with van der Waals surface area (Å²) >= 11 is 0. The number of aryl methyl sites for hydroxylation is 1. The SMILES string of the molecule is Cc1cccc(N(C)CCC(N)C2CC2)c1. The van der Waals surface area contributed by atoms with Gasteiger partial charge in [0.2, 0.25) is 0 Å². The Hall–Kier alpha value is -1.02. The molecule has 16 heavy (non-hydrogen) atoms. The van der Waals surface area contributed by atoms with Gasteiger partial charge in [0.25, 0.3) is 0 Å². The van der Waals surface area contributed by atoms with Crippen LogP contribution in [0.1, 0.15) is 24.8 Å². The summed E-state index contributed by atoms with van der Waals surface area (Å²) in [6.07, 6.45) is 3.79. The molecule has 2 N–H and O–H groups in total. The van der Waals surface area contributed by atoms with Crippen LogP contribution in [0.2, 0.25) is 0 Å². The van der Waals surface area contributed by atoms with Crippen molar-refractivity contribution >= 4 is 5.69 Å². The second-order valence-electron chi connectivity index (χ2n) is 5.05. The number of anilines is 1. The molecule has 1 saturated carbocycles. The van der Waals surface area contributed by atoms with Crippen LogP contribution in [0.15, 0.2) is 24.3 Å². The number of rotatable bonds is 5. The number of hydrogen-bond acceptors (Lipinski definition) is 2. The summed E-state index contributed by atoms with van der Waals surface area (Å²) in [7, 11) is 2.15. The first-order valence-corrected chi connectivity index (χ1v) is 6.20. The number of nitrogens with zero attached hydrogens (tertiary/aromatic N) is 1. The molecule has 0 radical (unpaired) electrons. The van der Waals surface area contributed by atoms with Gasteiger partial charge in [0, 0.05) is 25.3 Å². The van der Waals surface area contributed by atoms with Crippen molar-refractivity contribution in [3.63, 3.8) is 0 Å². The highest BCUT2D eigenvalue weighted by Crippen LogP contribution is 2.32. The lowest BCUT2D eigenvalue weighted by Crippen LogP contribution is -2.29. The highest BCUT2D eigenvalue weighted by atomic mass is 15.1. The van der Waals surface area contributed by atoms with E-state index in [9.17, 15) is 0 Å². The molecule has 0 bridgehead atoms. The molecule has 0 saturated heterocycles. The fourth-order valence-corrected chi connectivity index (χ4v) is 2.10. The van der Waals surface area contributed by atoms with E-state index in [1.54, 1.807) is 0 Å². The van der Waals surface area contributed by atoms with E-state index in [0.717, 1.165) is 18.9 Å². The molecule has 2 heteroatoms. The van der Waals surface area contributed by atoms with E-state index in [1.165, 1.54) is 24.1 Å². The van der Waals surface area contributed by atoms with Gasteiger partial charge < -0.3 is 10.6 Å². The van der Waals surface area contributed by atoms with Gasteiger partial charge in [-0.05, 0) is 49.8 Å². The van der Waals surface area contributed by atoms with Crippen molar-refractivity contribution in [1.82, 2.24) is 0 Å². The molecule has 2 nitrogen and oxygen atoms in total. The Balaban J connectivity index is 1.84. The fraction of sp³-hybridized carbons (Fsp3) is 0.571. The number of hydrogen-bond donors (Lipinski definition) is 1.